The van der Waals surface area contributed by atoms with E-state index in [2.05, 4.69) is 84.6 Å². The Bertz CT molecular complexity index is 587. The summed E-state index contributed by atoms with van der Waals surface area (Å²) < 4.78 is 5.92. The van der Waals surface area contributed by atoms with Crippen molar-refractivity contribution in [1.29, 1.82) is 0 Å². The molecule has 0 saturated carbocycles. The number of rotatable bonds is 7. The average Bonchev–Trinajstić information content (AvgIpc) is 2.43. The summed E-state index contributed by atoms with van der Waals surface area (Å²) in [5, 5.41) is 9.92. The standard InChI is InChI=1S/C22H40N2O2.Zn/c1-16(25)26-20-17(15-24(10)12-11-23(8)9)13-18(21(2,3)4)14-19(20)22(5,6)7;/h13-14,16,25H,11-12,15H2,1-10H3;. The van der Waals surface area contributed by atoms with Crippen LogP contribution in [0.25, 0.3) is 0 Å². The molecule has 0 aliphatic heterocycles. The quantitative estimate of drug-likeness (QED) is 0.525. The van der Waals surface area contributed by atoms with Crippen LogP contribution in [0.2, 0.25) is 0 Å². The largest absolute Gasteiger partial charge is 0.465 e. The Labute approximate surface area is 180 Å². The zero-order valence-corrected chi connectivity index (χ0v) is 22.3. The first-order valence-electron chi connectivity index (χ1n) is 9.57. The molecule has 0 aliphatic carbocycles. The van der Waals surface area contributed by atoms with Crippen LogP contribution in [0, 0.1) is 0 Å². The van der Waals surface area contributed by atoms with E-state index in [4.69, 9.17) is 4.74 Å². The van der Waals surface area contributed by atoms with Crippen LogP contribution in [-0.4, -0.2) is 55.4 Å². The number of ether oxygens (including phenoxy) is 1. The van der Waals surface area contributed by atoms with Crippen LogP contribution < -0.4 is 4.74 Å². The van der Waals surface area contributed by atoms with E-state index in [9.17, 15) is 5.11 Å². The zero-order valence-electron chi connectivity index (χ0n) is 19.3. The summed E-state index contributed by atoms with van der Waals surface area (Å²) in [6, 6.07) is 4.50. The van der Waals surface area contributed by atoms with Crippen LogP contribution in [0.15, 0.2) is 12.1 Å². The number of nitrogens with zero attached hydrogens (tertiary/aromatic N) is 2. The summed E-state index contributed by atoms with van der Waals surface area (Å²) in [6.45, 7) is 17.8. The molecule has 0 saturated heterocycles. The van der Waals surface area contributed by atoms with E-state index < -0.39 is 6.29 Å². The molecular weight excluding hydrogens is 390 g/mol. The predicted molar refractivity (Wildman–Crippen MR) is 111 cm³/mol. The molecule has 0 radical (unpaired) electrons. The van der Waals surface area contributed by atoms with Gasteiger partial charge >= 0.3 is 0 Å². The smallest absolute Gasteiger partial charge is 0.194 e. The van der Waals surface area contributed by atoms with Gasteiger partial charge < -0.3 is 19.6 Å². The van der Waals surface area contributed by atoms with E-state index in [0.717, 1.165) is 36.5 Å². The molecule has 0 amide bonds. The number of hydrogen-bond donors (Lipinski definition) is 1. The molecule has 1 rings (SSSR count). The van der Waals surface area contributed by atoms with Crippen molar-refractivity contribution in [2.75, 3.05) is 34.2 Å². The first-order valence-corrected chi connectivity index (χ1v) is 9.57. The van der Waals surface area contributed by atoms with Gasteiger partial charge in [0, 0.05) is 50.2 Å². The summed E-state index contributed by atoms with van der Waals surface area (Å²) in [5.41, 5.74) is 3.59. The van der Waals surface area contributed by atoms with Crippen LogP contribution in [0.3, 0.4) is 0 Å². The number of hydrogen-bond acceptors (Lipinski definition) is 4. The molecular formula is C22H40N2O2Zn. The molecule has 0 fully saturated rings. The topological polar surface area (TPSA) is 35.9 Å². The summed E-state index contributed by atoms with van der Waals surface area (Å²) in [4.78, 5) is 4.50. The molecule has 5 heteroatoms. The molecule has 0 bridgehead atoms. The van der Waals surface area contributed by atoms with Crippen molar-refractivity contribution in [3.8, 4) is 5.75 Å². The summed E-state index contributed by atoms with van der Waals surface area (Å²) in [6.07, 6.45) is -0.831. The van der Waals surface area contributed by atoms with Gasteiger partial charge in [-0.25, -0.2) is 0 Å². The maximum atomic E-state index is 9.92. The molecule has 1 atom stereocenters. The molecule has 0 aliphatic rings. The second-order valence-corrected chi connectivity index (χ2v) is 9.77. The Morgan fingerprint density at radius 1 is 0.963 bits per heavy atom. The van der Waals surface area contributed by atoms with Crippen LogP contribution in [0.4, 0.5) is 0 Å². The van der Waals surface area contributed by atoms with Crippen molar-refractivity contribution in [2.45, 2.75) is 72.1 Å². The van der Waals surface area contributed by atoms with E-state index in [1.54, 1.807) is 6.92 Å². The monoisotopic (exact) mass is 428 g/mol. The molecule has 1 unspecified atom stereocenters. The third kappa shape index (κ3) is 8.60. The third-order valence-corrected chi connectivity index (χ3v) is 4.50. The van der Waals surface area contributed by atoms with Crippen molar-refractivity contribution < 1.29 is 29.3 Å². The number of aliphatic hydroxyl groups is 1. The van der Waals surface area contributed by atoms with Gasteiger partial charge in [0.15, 0.2) is 6.29 Å². The molecule has 1 aromatic carbocycles. The second kappa shape index (κ2) is 10.3. The van der Waals surface area contributed by atoms with Gasteiger partial charge in [-0.2, -0.15) is 0 Å². The molecule has 0 spiro atoms. The molecule has 0 aromatic heterocycles. The second-order valence-electron chi connectivity index (χ2n) is 9.77. The van der Waals surface area contributed by atoms with E-state index >= 15 is 0 Å². The Hall–Kier alpha value is -0.477. The Balaban J connectivity index is 0.00000676. The summed E-state index contributed by atoms with van der Waals surface area (Å²) in [7, 11) is 6.32. The van der Waals surface area contributed by atoms with Crippen molar-refractivity contribution in [1.82, 2.24) is 9.80 Å². The summed E-state index contributed by atoms with van der Waals surface area (Å²) >= 11 is 0. The minimum Gasteiger partial charge on any atom is -0.465 e. The fourth-order valence-electron chi connectivity index (χ4n) is 2.85. The summed E-state index contributed by atoms with van der Waals surface area (Å²) in [5.74, 6) is 0.831. The van der Waals surface area contributed by atoms with Gasteiger partial charge in [-0.3, -0.25) is 0 Å². The maximum Gasteiger partial charge on any atom is 0.194 e. The van der Waals surface area contributed by atoms with Crippen LogP contribution in [-0.2, 0) is 36.9 Å². The molecule has 4 nitrogen and oxygen atoms in total. The van der Waals surface area contributed by atoms with Gasteiger partial charge in [0.1, 0.15) is 5.75 Å². The van der Waals surface area contributed by atoms with Gasteiger partial charge in [0.05, 0.1) is 0 Å². The van der Waals surface area contributed by atoms with E-state index in [0.29, 0.717) is 0 Å². The van der Waals surface area contributed by atoms with Crippen LogP contribution >= 0.6 is 0 Å². The number of aliphatic hydroxyl groups excluding tert-OH is 1. The number of likely N-dealkylation sites (N-methyl/N-ethyl adjacent to an activating group) is 2. The Morgan fingerprint density at radius 3 is 1.93 bits per heavy atom. The van der Waals surface area contributed by atoms with Crippen molar-refractivity contribution >= 4 is 0 Å². The van der Waals surface area contributed by atoms with Crippen molar-refractivity contribution in [3.05, 3.63) is 28.8 Å². The van der Waals surface area contributed by atoms with Gasteiger partial charge in [0.25, 0.3) is 0 Å². The average molecular weight is 430 g/mol. The van der Waals surface area contributed by atoms with Gasteiger partial charge in [-0.15, -0.1) is 0 Å². The molecule has 1 aromatic rings. The SMILES string of the molecule is CC(O)Oc1c(CN(C)CCN(C)C)cc(C(C)(C)C)cc1C(C)(C)C.[Zn]. The van der Waals surface area contributed by atoms with Crippen LogP contribution in [0.1, 0.15) is 65.2 Å². The van der Waals surface area contributed by atoms with Crippen LogP contribution in [0.5, 0.6) is 5.75 Å². The Morgan fingerprint density at radius 2 is 1.52 bits per heavy atom. The molecule has 152 valence electrons. The van der Waals surface area contributed by atoms with Gasteiger partial charge in [-0.1, -0.05) is 53.7 Å². The first-order chi connectivity index (χ1) is 11.7. The van der Waals surface area contributed by atoms with Gasteiger partial charge in [-0.05, 0) is 44.5 Å². The minimum atomic E-state index is -0.831. The fourth-order valence-corrected chi connectivity index (χ4v) is 2.85. The van der Waals surface area contributed by atoms with E-state index in [1.807, 2.05) is 0 Å². The van der Waals surface area contributed by atoms with Crippen molar-refractivity contribution in [3.63, 3.8) is 0 Å². The molecule has 1 N–H and O–H groups in total. The normalized spacial score (nSPS) is 13.7. The third-order valence-electron chi connectivity index (χ3n) is 4.50. The van der Waals surface area contributed by atoms with Crippen molar-refractivity contribution in [2.24, 2.45) is 0 Å². The van der Waals surface area contributed by atoms with Gasteiger partial charge in [0.2, 0.25) is 0 Å². The maximum absolute atomic E-state index is 9.92. The molecule has 27 heavy (non-hydrogen) atoms. The Kier molecular flexibility index (Phi) is 10.2. The van der Waals surface area contributed by atoms with E-state index in [1.165, 1.54) is 5.56 Å². The predicted octanol–water partition coefficient (Wildman–Crippen LogP) is 3.99. The fraction of sp³-hybridized carbons (Fsp3) is 0.727. The number of benzene rings is 1. The van der Waals surface area contributed by atoms with E-state index in [-0.39, 0.29) is 30.3 Å². The molecule has 0 heterocycles. The first kappa shape index (κ1) is 26.5. The zero-order chi connectivity index (χ0) is 20.3. The minimum absolute atomic E-state index is 0.